The number of hydrogen-bond acceptors (Lipinski definition) is 4. The van der Waals surface area contributed by atoms with E-state index in [9.17, 15) is 0 Å². The summed E-state index contributed by atoms with van der Waals surface area (Å²) in [7, 11) is 0. The van der Waals surface area contributed by atoms with Gasteiger partial charge in [-0.1, -0.05) is 6.92 Å². The summed E-state index contributed by atoms with van der Waals surface area (Å²) < 4.78 is 5.50. The summed E-state index contributed by atoms with van der Waals surface area (Å²) in [4.78, 5) is 0. The summed E-state index contributed by atoms with van der Waals surface area (Å²) in [5.74, 6) is 1.34. The van der Waals surface area contributed by atoms with E-state index in [1.807, 2.05) is 0 Å². The standard InChI is InChI=1S/C10H21N3O/c1-8-5-13-3-2-9(8)6-14-7-10(12)4-11/h4,8-9,13H,2-3,5-7,11-12H2,1H3/b10-4-. The lowest BCUT2D eigenvalue weighted by Crippen LogP contribution is -2.37. The molecule has 82 valence electrons. The molecule has 2 unspecified atom stereocenters. The van der Waals surface area contributed by atoms with Gasteiger partial charge in [-0.3, -0.25) is 0 Å². The van der Waals surface area contributed by atoms with Crippen LogP contribution in [0.15, 0.2) is 11.9 Å². The van der Waals surface area contributed by atoms with Crippen LogP contribution in [0.5, 0.6) is 0 Å². The molecule has 4 nitrogen and oxygen atoms in total. The molecular formula is C10H21N3O. The minimum absolute atomic E-state index is 0.452. The van der Waals surface area contributed by atoms with Crippen molar-refractivity contribution < 1.29 is 4.74 Å². The molecule has 1 aliphatic rings. The van der Waals surface area contributed by atoms with Crippen molar-refractivity contribution in [3.8, 4) is 0 Å². The van der Waals surface area contributed by atoms with Crippen LogP contribution in [-0.4, -0.2) is 26.3 Å². The number of piperidine rings is 1. The van der Waals surface area contributed by atoms with E-state index in [-0.39, 0.29) is 0 Å². The maximum Gasteiger partial charge on any atom is 0.0875 e. The average molecular weight is 199 g/mol. The fourth-order valence-corrected chi connectivity index (χ4v) is 1.69. The molecule has 0 saturated carbocycles. The molecule has 0 aromatic rings. The van der Waals surface area contributed by atoms with Crippen LogP contribution in [0.1, 0.15) is 13.3 Å². The van der Waals surface area contributed by atoms with Gasteiger partial charge in [0.2, 0.25) is 0 Å². The van der Waals surface area contributed by atoms with Gasteiger partial charge in [-0.25, -0.2) is 0 Å². The molecule has 1 heterocycles. The summed E-state index contributed by atoms with van der Waals surface area (Å²) in [5, 5.41) is 3.36. The molecule has 1 fully saturated rings. The van der Waals surface area contributed by atoms with Gasteiger partial charge >= 0.3 is 0 Å². The van der Waals surface area contributed by atoms with Crippen molar-refractivity contribution in [2.45, 2.75) is 13.3 Å². The van der Waals surface area contributed by atoms with Crippen LogP contribution in [0.4, 0.5) is 0 Å². The topological polar surface area (TPSA) is 73.3 Å². The maximum atomic E-state index is 5.52. The van der Waals surface area contributed by atoms with E-state index in [1.165, 1.54) is 12.6 Å². The van der Waals surface area contributed by atoms with Crippen LogP contribution in [0.2, 0.25) is 0 Å². The Kier molecular flexibility index (Phi) is 4.76. The van der Waals surface area contributed by atoms with Gasteiger partial charge in [-0.15, -0.1) is 0 Å². The van der Waals surface area contributed by atoms with Gasteiger partial charge in [0.05, 0.1) is 18.9 Å². The van der Waals surface area contributed by atoms with E-state index < -0.39 is 0 Å². The Balaban J connectivity index is 2.16. The Bertz CT molecular complexity index is 194. The number of ether oxygens (including phenoxy) is 1. The third-order valence-electron chi connectivity index (χ3n) is 2.78. The molecule has 0 aromatic carbocycles. The lowest BCUT2D eigenvalue weighted by Gasteiger charge is -2.29. The molecule has 0 aliphatic carbocycles. The molecule has 1 rings (SSSR count). The van der Waals surface area contributed by atoms with Crippen molar-refractivity contribution in [2.24, 2.45) is 23.3 Å². The maximum absolute atomic E-state index is 5.52. The zero-order chi connectivity index (χ0) is 10.4. The van der Waals surface area contributed by atoms with Crippen LogP contribution >= 0.6 is 0 Å². The molecule has 0 spiro atoms. The Morgan fingerprint density at radius 3 is 3.07 bits per heavy atom. The van der Waals surface area contributed by atoms with E-state index in [2.05, 4.69) is 12.2 Å². The Morgan fingerprint density at radius 2 is 2.43 bits per heavy atom. The van der Waals surface area contributed by atoms with Crippen molar-refractivity contribution in [1.82, 2.24) is 5.32 Å². The lowest BCUT2D eigenvalue weighted by molar-refractivity contribution is 0.0809. The second-order valence-electron chi connectivity index (χ2n) is 3.99. The van der Waals surface area contributed by atoms with Gasteiger partial charge < -0.3 is 21.5 Å². The van der Waals surface area contributed by atoms with E-state index >= 15 is 0 Å². The molecule has 5 N–H and O–H groups in total. The van der Waals surface area contributed by atoms with Crippen molar-refractivity contribution in [1.29, 1.82) is 0 Å². The number of hydrogen-bond donors (Lipinski definition) is 3. The van der Waals surface area contributed by atoms with Crippen LogP contribution in [0.25, 0.3) is 0 Å². The first-order valence-corrected chi connectivity index (χ1v) is 5.18. The fourth-order valence-electron chi connectivity index (χ4n) is 1.69. The smallest absolute Gasteiger partial charge is 0.0875 e. The molecular weight excluding hydrogens is 178 g/mol. The van der Waals surface area contributed by atoms with E-state index in [0.717, 1.165) is 19.7 Å². The largest absolute Gasteiger partial charge is 0.403 e. The lowest BCUT2D eigenvalue weighted by atomic mass is 9.89. The monoisotopic (exact) mass is 199 g/mol. The molecule has 4 heteroatoms. The highest BCUT2D eigenvalue weighted by molar-refractivity contribution is 4.92. The number of nitrogens with one attached hydrogen (secondary N) is 1. The van der Waals surface area contributed by atoms with E-state index in [4.69, 9.17) is 16.2 Å². The normalized spacial score (nSPS) is 29.1. The van der Waals surface area contributed by atoms with Crippen molar-refractivity contribution in [2.75, 3.05) is 26.3 Å². The molecule has 1 aliphatic heterocycles. The van der Waals surface area contributed by atoms with Crippen molar-refractivity contribution >= 4 is 0 Å². The predicted octanol–water partition coefficient (Wildman–Crippen LogP) is 0.00740. The predicted molar refractivity (Wildman–Crippen MR) is 57.4 cm³/mol. The molecule has 0 radical (unpaired) electrons. The van der Waals surface area contributed by atoms with Gasteiger partial charge in [-0.2, -0.15) is 0 Å². The van der Waals surface area contributed by atoms with Gasteiger partial charge in [0, 0.05) is 6.20 Å². The van der Waals surface area contributed by atoms with Crippen LogP contribution in [0.3, 0.4) is 0 Å². The van der Waals surface area contributed by atoms with E-state index in [0.29, 0.717) is 24.1 Å². The number of nitrogens with two attached hydrogens (primary N) is 2. The molecule has 14 heavy (non-hydrogen) atoms. The Labute approximate surface area is 85.7 Å². The Morgan fingerprint density at radius 1 is 1.64 bits per heavy atom. The number of rotatable bonds is 4. The third-order valence-corrected chi connectivity index (χ3v) is 2.78. The van der Waals surface area contributed by atoms with Gasteiger partial charge in [0.1, 0.15) is 0 Å². The minimum atomic E-state index is 0.452. The first-order valence-electron chi connectivity index (χ1n) is 5.18. The van der Waals surface area contributed by atoms with E-state index in [1.54, 1.807) is 0 Å². The Hall–Kier alpha value is -0.740. The highest BCUT2D eigenvalue weighted by atomic mass is 16.5. The van der Waals surface area contributed by atoms with Crippen molar-refractivity contribution in [3.05, 3.63) is 11.9 Å². The third kappa shape index (κ3) is 3.55. The minimum Gasteiger partial charge on any atom is -0.403 e. The summed E-state index contributed by atoms with van der Waals surface area (Å²) in [6, 6.07) is 0. The molecule has 1 saturated heterocycles. The molecule has 0 amide bonds. The summed E-state index contributed by atoms with van der Waals surface area (Å²) >= 11 is 0. The summed E-state index contributed by atoms with van der Waals surface area (Å²) in [5.41, 5.74) is 11.4. The SMILES string of the molecule is CC1CNCCC1COC/C(N)=C/N. The van der Waals surface area contributed by atoms with Gasteiger partial charge in [-0.05, 0) is 31.3 Å². The molecule has 0 bridgehead atoms. The average Bonchev–Trinajstić information content (AvgIpc) is 2.20. The highest BCUT2D eigenvalue weighted by Crippen LogP contribution is 2.18. The summed E-state index contributed by atoms with van der Waals surface area (Å²) in [6.45, 7) is 5.68. The van der Waals surface area contributed by atoms with Crippen LogP contribution in [0, 0.1) is 11.8 Å². The van der Waals surface area contributed by atoms with Crippen molar-refractivity contribution in [3.63, 3.8) is 0 Å². The summed E-state index contributed by atoms with van der Waals surface area (Å²) in [6.07, 6.45) is 2.58. The molecule has 2 atom stereocenters. The first-order chi connectivity index (χ1) is 6.74. The molecule has 0 aromatic heterocycles. The zero-order valence-corrected chi connectivity index (χ0v) is 8.83. The fraction of sp³-hybridized carbons (Fsp3) is 0.800. The second kappa shape index (κ2) is 5.88. The quantitative estimate of drug-likeness (QED) is 0.596. The van der Waals surface area contributed by atoms with Gasteiger partial charge in [0.15, 0.2) is 0 Å². The highest BCUT2D eigenvalue weighted by Gasteiger charge is 2.20. The van der Waals surface area contributed by atoms with Crippen LogP contribution < -0.4 is 16.8 Å². The van der Waals surface area contributed by atoms with Crippen LogP contribution in [-0.2, 0) is 4.74 Å². The first kappa shape index (κ1) is 11.3. The van der Waals surface area contributed by atoms with Gasteiger partial charge in [0.25, 0.3) is 0 Å². The second-order valence-corrected chi connectivity index (χ2v) is 3.99. The zero-order valence-electron chi connectivity index (χ0n) is 8.83.